The smallest absolute Gasteiger partial charge is 0.320 e. The first-order valence-electron chi connectivity index (χ1n) is 3.72. The summed E-state index contributed by atoms with van der Waals surface area (Å²) in [4.78, 5) is 12.5. The van der Waals surface area contributed by atoms with Crippen LogP contribution >= 0.6 is 0 Å². The van der Waals surface area contributed by atoms with Crippen molar-refractivity contribution in [2.75, 3.05) is 13.1 Å². The molecule has 1 N–H and O–H groups in total. The minimum atomic E-state index is -0.679. The first-order chi connectivity index (χ1) is 4.75. The molecule has 58 valence electrons. The van der Waals surface area contributed by atoms with Crippen LogP contribution in [0.1, 0.15) is 19.8 Å². The first kappa shape index (κ1) is 7.54. The van der Waals surface area contributed by atoms with Gasteiger partial charge in [0.25, 0.3) is 0 Å². The molecule has 1 saturated heterocycles. The Morgan fingerprint density at radius 2 is 2.30 bits per heavy atom. The summed E-state index contributed by atoms with van der Waals surface area (Å²) in [7, 11) is 0. The molecule has 0 saturated carbocycles. The zero-order valence-electron chi connectivity index (χ0n) is 6.21. The molecule has 1 rings (SSSR count). The largest absolute Gasteiger partial charge is 0.480 e. The summed E-state index contributed by atoms with van der Waals surface area (Å²) in [6, 6.07) is -0.228. The molecule has 1 aliphatic rings. The Labute approximate surface area is 60.6 Å². The number of carboxylic acid groups (broad SMARTS) is 1. The summed E-state index contributed by atoms with van der Waals surface area (Å²) in [6.07, 6.45) is 1.87. The summed E-state index contributed by atoms with van der Waals surface area (Å²) in [5.41, 5.74) is 0. The van der Waals surface area contributed by atoms with Gasteiger partial charge in [0.15, 0.2) is 0 Å². The monoisotopic (exact) mass is 143 g/mol. The molecule has 0 radical (unpaired) electrons. The lowest BCUT2D eigenvalue weighted by atomic mass is 10.1. The van der Waals surface area contributed by atoms with E-state index < -0.39 is 5.97 Å². The van der Waals surface area contributed by atoms with E-state index in [1.165, 1.54) is 0 Å². The van der Waals surface area contributed by atoms with Crippen molar-refractivity contribution >= 4 is 5.97 Å². The van der Waals surface area contributed by atoms with Crippen LogP contribution in [0.4, 0.5) is 0 Å². The first-order valence-corrected chi connectivity index (χ1v) is 3.72. The molecule has 1 atom stereocenters. The van der Waals surface area contributed by atoms with E-state index in [0.29, 0.717) is 0 Å². The average molecular weight is 143 g/mol. The van der Waals surface area contributed by atoms with Crippen molar-refractivity contribution in [1.29, 1.82) is 0 Å². The molecule has 0 aliphatic carbocycles. The summed E-state index contributed by atoms with van der Waals surface area (Å²) >= 11 is 0. The Morgan fingerprint density at radius 3 is 2.40 bits per heavy atom. The van der Waals surface area contributed by atoms with Gasteiger partial charge in [-0.25, -0.2) is 0 Å². The van der Waals surface area contributed by atoms with Crippen molar-refractivity contribution in [3.05, 3.63) is 0 Å². The third kappa shape index (κ3) is 1.29. The second-order valence-corrected chi connectivity index (χ2v) is 2.65. The van der Waals surface area contributed by atoms with Crippen LogP contribution in [-0.2, 0) is 4.79 Å². The zero-order valence-corrected chi connectivity index (χ0v) is 6.21. The van der Waals surface area contributed by atoms with Crippen molar-refractivity contribution in [2.45, 2.75) is 25.8 Å². The van der Waals surface area contributed by atoms with Crippen molar-refractivity contribution in [3.8, 4) is 0 Å². The highest BCUT2D eigenvalue weighted by atomic mass is 16.4. The molecule has 3 nitrogen and oxygen atoms in total. The van der Waals surface area contributed by atoms with E-state index in [1.54, 1.807) is 0 Å². The fourth-order valence-corrected chi connectivity index (χ4v) is 1.24. The molecule has 0 amide bonds. The highest BCUT2D eigenvalue weighted by molar-refractivity contribution is 5.73. The molecule has 1 heterocycles. The summed E-state index contributed by atoms with van der Waals surface area (Å²) in [6.45, 7) is 3.84. The quantitative estimate of drug-likeness (QED) is 0.627. The van der Waals surface area contributed by atoms with E-state index in [-0.39, 0.29) is 6.04 Å². The van der Waals surface area contributed by atoms with Crippen molar-refractivity contribution in [2.24, 2.45) is 0 Å². The van der Waals surface area contributed by atoms with Crippen LogP contribution in [0.3, 0.4) is 0 Å². The molecular formula is C7H13NO2. The van der Waals surface area contributed by atoms with E-state index in [1.807, 2.05) is 11.8 Å². The van der Waals surface area contributed by atoms with Crippen LogP contribution in [-0.4, -0.2) is 35.1 Å². The van der Waals surface area contributed by atoms with Gasteiger partial charge in [0.1, 0.15) is 6.04 Å². The van der Waals surface area contributed by atoms with Gasteiger partial charge in [-0.1, -0.05) is 6.92 Å². The summed E-state index contributed by atoms with van der Waals surface area (Å²) in [5.74, 6) is -0.679. The van der Waals surface area contributed by atoms with Gasteiger partial charge in [-0.2, -0.15) is 0 Å². The maximum atomic E-state index is 10.5. The fourth-order valence-electron chi connectivity index (χ4n) is 1.24. The predicted octanol–water partition coefficient (Wildman–Crippen LogP) is 0.555. The van der Waals surface area contributed by atoms with Gasteiger partial charge >= 0.3 is 5.97 Å². The number of carbonyl (C=O) groups is 1. The van der Waals surface area contributed by atoms with Gasteiger partial charge in [0, 0.05) is 13.1 Å². The van der Waals surface area contributed by atoms with E-state index in [0.717, 1.165) is 25.9 Å². The van der Waals surface area contributed by atoms with Crippen LogP contribution in [0.5, 0.6) is 0 Å². The van der Waals surface area contributed by atoms with Gasteiger partial charge in [-0.05, 0) is 12.8 Å². The number of nitrogens with zero attached hydrogens (tertiary/aromatic N) is 1. The number of aliphatic carboxylic acids is 1. The van der Waals surface area contributed by atoms with Crippen LogP contribution in [0.25, 0.3) is 0 Å². The lowest BCUT2D eigenvalue weighted by Crippen LogP contribution is -2.48. The normalized spacial score (nSPS) is 21.7. The molecule has 10 heavy (non-hydrogen) atoms. The number of likely N-dealkylation sites (tertiary alicyclic amines) is 1. The van der Waals surface area contributed by atoms with Crippen molar-refractivity contribution in [1.82, 2.24) is 4.90 Å². The van der Waals surface area contributed by atoms with E-state index >= 15 is 0 Å². The summed E-state index contributed by atoms with van der Waals surface area (Å²) < 4.78 is 0. The van der Waals surface area contributed by atoms with Gasteiger partial charge in [-0.3, -0.25) is 9.69 Å². The Hall–Kier alpha value is -0.570. The Bertz CT molecular complexity index is 132. The molecule has 0 aromatic heterocycles. The average Bonchev–Trinajstić information content (AvgIpc) is 1.76. The molecule has 0 aromatic carbocycles. The Morgan fingerprint density at radius 1 is 1.70 bits per heavy atom. The minimum absolute atomic E-state index is 0.228. The number of hydrogen-bond acceptors (Lipinski definition) is 2. The lowest BCUT2D eigenvalue weighted by molar-refractivity contribution is -0.145. The molecule has 1 fully saturated rings. The third-order valence-electron chi connectivity index (χ3n) is 2.00. The van der Waals surface area contributed by atoms with Gasteiger partial charge in [0.2, 0.25) is 0 Å². The van der Waals surface area contributed by atoms with E-state index in [9.17, 15) is 4.79 Å². The molecule has 1 aliphatic heterocycles. The Kier molecular flexibility index (Phi) is 2.27. The van der Waals surface area contributed by atoms with Crippen LogP contribution in [0.15, 0.2) is 0 Å². The standard InChI is InChI=1S/C7H13NO2/c1-2-6(7(9)10)8-4-3-5-8/h6H,2-5H2,1H3,(H,9,10). The third-order valence-corrected chi connectivity index (χ3v) is 2.00. The molecule has 1 unspecified atom stereocenters. The lowest BCUT2D eigenvalue weighted by Gasteiger charge is -2.35. The van der Waals surface area contributed by atoms with Crippen LogP contribution in [0, 0.1) is 0 Å². The molecule has 0 spiro atoms. The fraction of sp³-hybridized carbons (Fsp3) is 0.857. The number of carboxylic acids is 1. The molecular weight excluding hydrogens is 130 g/mol. The number of rotatable bonds is 3. The van der Waals surface area contributed by atoms with E-state index in [2.05, 4.69) is 0 Å². The Balaban J connectivity index is 2.39. The molecule has 0 bridgehead atoms. The SMILES string of the molecule is CCC(C(=O)O)N1CCC1. The minimum Gasteiger partial charge on any atom is -0.480 e. The molecule has 3 heteroatoms. The maximum absolute atomic E-state index is 10.5. The molecule has 0 aromatic rings. The van der Waals surface area contributed by atoms with Gasteiger partial charge in [0.05, 0.1) is 0 Å². The van der Waals surface area contributed by atoms with E-state index in [4.69, 9.17) is 5.11 Å². The van der Waals surface area contributed by atoms with Crippen LogP contribution in [0.2, 0.25) is 0 Å². The van der Waals surface area contributed by atoms with Crippen molar-refractivity contribution in [3.63, 3.8) is 0 Å². The maximum Gasteiger partial charge on any atom is 0.320 e. The summed E-state index contributed by atoms with van der Waals surface area (Å²) in [5, 5.41) is 8.67. The van der Waals surface area contributed by atoms with Crippen molar-refractivity contribution < 1.29 is 9.90 Å². The van der Waals surface area contributed by atoms with Crippen LogP contribution < -0.4 is 0 Å². The highest BCUT2D eigenvalue weighted by Crippen LogP contribution is 2.13. The van der Waals surface area contributed by atoms with Gasteiger partial charge < -0.3 is 5.11 Å². The topological polar surface area (TPSA) is 40.5 Å². The second kappa shape index (κ2) is 3.01. The highest BCUT2D eigenvalue weighted by Gasteiger charge is 2.27. The van der Waals surface area contributed by atoms with Gasteiger partial charge in [-0.15, -0.1) is 0 Å². The zero-order chi connectivity index (χ0) is 7.56. The number of hydrogen-bond donors (Lipinski definition) is 1. The predicted molar refractivity (Wildman–Crippen MR) is 37.9 cm³/mol. The second-order valence-electron chi connectivity index (χ2n) is 2.65.